The van der Waals surface area contributed by atoms with E-state index in [4.69, 9.17) is 23.7 Å². The molecule has 8 N–H and O–H groups in total. The number of phenolic OH excluding ortho intramolecular Hbond substituents is 3. The minimum absolute atomic E-state index is 0.0548. The van der Waals surface area contributed by atoms with Crippen molar-refractivity contribution in [1.29, 1.82) is 0 Å². The number of aliphatic hydroxyl groups excluding tert-OH is 5. The van der Waals surface area contributed by atoms with E-state index in [9.17, 15) is 45.6 Å². The molecular formula is C32H40O14. The van der Waals surface area contributed by atoms with E-state index in [-0.39, 0.29) is 34.8 Å². The van der Waals surface area contributed by atoms with Gasteiger partial charge in [0, 0.05) is 11.6 Å². The number of ketones is 1. The molecule has 2 aromatic rings. The lowest BCUT2D eigenvalue weighted by molar-refractivity contribution is -0.355. The van der Waals surface area contributed by atoms with Crippen LogP contribution in [0.15, 0.2) is 42.0 Å². The summed E-state index contributed by atoms with van der Waals surface area (Å²) in [5, 5.41) is 83.9. The van der Waals surface area contributed by atoms with Crippen molar-refractivity contribution in [2.45, 2.75) is 108 Å². The Bertz CT molecular complexity index is 1440. The Kier molecular flexibility index (Phi) is 9.94. The standard InChI is InChI=1S/C32H40O14/c1-12(2)5-10-17-18(34)11-19(35)20-22(37)30(28(44-29(17)20)15-6-8-16(33)9-7-15)46-32-26(41)24(39)27(14(4)43-32)45-31-25(40)23(38)21(36)13(3)42-31/h5-9,11,13-14,21,23-28,30-36,38-41H,10H2,1-4H3/t13-,14-,21-,23+,24-,25+,26+,27-,28+,30-,31-,32-/m1/s1. The Hall–Kier alpha value is -3.31. The van der Waals surface area contributed by atoms with Crippen LogP contribution in [0.3, 0.4) is 0 Å². The van der Waals surface area contributed by atoms with Crippen LogP contribution in [-0.4, -0.2) is 114 Å². The van der Waals surface area contributed by atoms with Gasteiger partial charge in [0.05, 0.1) is 12.2 Å². The number of Topliss-reactive ketones (excluding diaryl/α,β-unsaturated/α-hetero) is 1. The van der Waals surface area contributed by atoms with Crippen molar-refractivity contribution in [1.82, 2.24) is 0 Å². The third kappa shape index (κ3) is 6.45. The molecule has 2 saturated heterocycles. The first-order chi connectivity index (χ1) is 21.7. The average molecular weight is 649 g/mol. The molecule has 0 bridgehead atoms. The van der Waals surface area contributed by atoms with Crippen molar-refractivity contribution >= 4 is 5.78 Å². The van der Waals surface area contributed by atoms with E-state index in [2.05, 4.69) is 0 Å². The normalized spacial score (nSPS) is 36.1. The molecule has 0 spiro atoms. The van der Waals surface area contributed by atoms with Crippen LogP contribution < -0.4 is 4.74 Å². The SMILES string of the molecule is CC(C)=CCc1c(O)cc(O)c2c1O[C@@H](c1ccc(O)cc1)[C@H](O[C@H]1O[C@H](C)[C@@H](O[C@H]3O[C@H](C)[C@@H](O)[C@H](O)[C@@H]3O)[C@H](O)[C@@H]1O)C2=O. The van der Waals surface area contributed by atoms with Crippen molar-refractivity contribution < 1.29 is 69.3 Å². The van der Waals surface area contributed by atoms with Gasteiger partial charge in [-0.25, -0.2) is 0 Å². The van der Waals surface area contributed by atoms with Gasteiger partial charge in [0.25, 0.3) is 0 Å². The molecule has 0 saturated carbocycles. The summed E-state index contributed by atoms with van der Waals surface area (Å²) in [6, 6.07) is 6.77. The van der Waals surface area contributed by atoms with Crippen LogP contribution in [0, 0.1) is 0 Å². The lowest BCUT2D eigenvalue weighted by atomic mass is 9.89. The van der Waals surface area contributed by atoms with Crippen molar-refractivity contribution in [3.63, 3.8) is 0 Å². The molecule has 3 aliphatic heterocycles. The van der Waals surface area contributed by atoms with Crippen LogP contribution in [0.1, 0.15) is 55.3 Å². The van der Waals surface area contributed by atoms with Crippen LogP contribution in [0.4, 0.5) is 0 Å². The number of benzene rings is 2. The van der Waals surface area contributed by atoms with Gasteiger partial charge in [-0.3, -0.25) is 4.79 Å². The van der Waals surface area contributed by atoms with E-state index >= 15 is 0 Å². The number of aliphatic hydroxyl groups is 5. The minimum atomic E-state index is -1.81. The summed E-state index contributed by atoms with van der Waals surface area (Å²) in [7, 11) is 0. The molecule has 252 valence electrons. The van der Waals surface area contributed by atoms with Crippen LogP contribution in [-0.2, 0) is 25.4 Å². The average Bonchev–Trinajstić information content (AvgIpc) is 3.00. The number of aromatic hydroxyl groups is 3. The number of allylic oxidation sites excluding steroid dienone is 2. The lowest BCUT2D eigenvalue weighted by Crippen LogP contribution is -2.63. The first-order valence-electron chi connectivity index (χ1n) is 14.9. The minimum Gasteiger partial charge on any atom is -0.508 e. The number of hydrogen-bond donors (Lipinski definition) is 8. The van der Waals surface area contributed by atoms with Gasteiger partial charge in [0.2, 0.25) is 5.78 Å². The smallest absolute Gasteiger partial charge is 0.203 e. The lowest BCUT2D eigenvalue weighted by Gasteiger charge is -2.46. The molecule has 14 heteroatoms. The van der Waals surface area contributed by atoms with E-state index in [0.29, 0.717) is 5.56 Å². The first-order valence-corrected chi connectivity index (χ1v) is 14.9. The third-order valence-electron chi connectivity index (χ3n) is 8.46. The van der Waals surface area contributed by atoms with Gasteiger partial charge in [-0.15, -0.1) is 0 Å². The highest BCUT2D eigenvalue weighted by molar-refractivity contribution is 6.06. The fourth-order valence-electron chi connectivity index (χ4n) is 5.78. The van der Waals surface area contributed by atoms with Crippen molar-refractivity contribution in [3.05, 3.63) is 58.7 Å². The summed E-state index contributed by atoms with van der Waals surface area (Å²) in [6.07, 6.45) is -15.3. The highest BCUT2D eigenvalue weighted by atomic mass is 16.7. The van der Waals surface area contributed by atoms with Gasteiger partial charge in [-0.05, 0) is 51.8 Å². The third-order valence-corrected chi connectivity index (χ3v) is 8.46. The maximum absolute atomic E-state index is 14.1. The number of ether oxygens (including phenoxy) is 5. The number of hydrogen-bond acceptors (Lipinski definition) is 14. The van der Waals surface area contributed by atoms with E-state index in [1.165, 1.54) is 38.1 Å². The highest BCUT2D eigenvalue weighted by Gasteiger charge is 2.52. The number of carbonyl (C=O) groups is 1. The zero-order valence-corrected chi connectivity index (χ0v) is 25.6. The Balaban J connectivity index is 1.44. The van der Waals surface area contributed by atoms with Gasteiger partial charge in [-0.1, -0.05) is 23.8 Å². The second-order valence-electron chi connectivity index (χ2n) is 12.1. The summed E-state index contributed by atoms with van der Waals surface area (Å²) in [5.74, 6) is -1.72. The summed E-state index contributed by atoms with van der Waals surface area (Å²) in [5.41, 5.74) is 1.30. The van der Waals surface area contributed by atoms with Crippen LogP contribution in [0.25, 0.3) is 0 Å². The fraction of sp³-hybridized carbons (Fsp3) is 0.531. The van der Waals surface area contributed by atoms with Crippen molar-refractivity contribution in [2.24, 2.45) is 0 Å². The maximum Gasteiger partial charge on any atom is 0.203 e. The van der Waals surface area contributed by atoms with Crippen LogP contribution in [0.2, 0.25) is 0 Å². The molecule has 12 atom stereocenters. The zero-order chi connectivity index (χ0) is 33.6. The van der Waals surface area contributed by atoms with Crippen molar-refractivity contribution in [3.8, 4) is 23.0 Å². The number of carbonyl (C=O) groups excluding carboxylic acids is 1. The topological polar surface area (TPSA) is 225 Å². The van der Waals surface area contributed by atoms with Gasteiger partial charge in [0.15, 0.2) is 24.8 Å². The second kappa shape index (κ2) is 13.4. The van der Waals surface area contributed by atoms with Gasteiger partial charge in [-0.2, -0.15) is 0 Å². The molecule has 0 unspecified atom stereocenters. The summed E-state index contributed by atoms with van der Waals surface area (Å²) in [4.78, 5) is 14.1. The summed E-state index contributed by atoms with van der Waals surface area (Å²) in [6.45, 7) is 6.66. The van der Waals surface area contributed by atoms with E-state index in [0.717, 1.165) is 11.6 Å². The molecule has 14 nitrogen and oxygen atoms in total. The molecule has 5 rings (SSSR count). The predicted molar refractivity (Wildman–Crippen MR) is 157 cm³/mol. The second-order valence-corrected chi connectivity index (χ2v) is 12.1. The Morgan fingerprint density at radius 1 is 0.804 bits per heavy atom. The molecular weight excluding hydrogens is 608 g/mol. The van der Waals surface area contributed by atoms with Crippen LogP contribution >= 0.6 is 0 Å². The zero-order valence-electron chi connectivity index (χ0n) is 25.6. The van der Waals surface area contributed by atoms with Gasteiger partial charge < -0.3 is 64.5 Å². The summed E-state index contributed by atoms with van der Waals surface area (Å²) >= 11 is 0. The molecule has 0 radical (unpaired) electrons. The van der Waals surface area contributed by atoms with Gasteiger partial charge in [0.1, 0.15) is 65.2 Å². The number of fused-ring (bicyclic) bond motifs is 1. The molecule has 2 fully saturated rings. The van der Waals surface area contributed by atoms with Crippen LogP contribution in [0.5, 0.6) is 23.0 Å². The molecule has 0 aromatic heterocycles. The molecule has 2 aromatic carbocycles. The summed E-state index contributed by atoms with van der Waals surface area (Å²) < 4.78 is 29.3. The Morgan fingerprint density at radius 3 is 2.07 bits per heavy atom. The molecule has 3 heterocycles. The Morgan fingerprint density at radius 2 is 1.41 bits per heavy atom. The van der Waals surface area contributed by atoms with Crippen molar-refractivity contribution in [2.75, 3.05) is 0 Å². The molecule has 0 amide bonds. The first kappa shape index (κ1) is 34.0. The van der Waals surface area contributed by atoms with E-state index < -0.39 is 85.2 Å². The molecule has 46 heavy (non-hydrogen) atoms. The highest BCUT2D eigenvalue weighted by Crippen LogP contribution is 2.47. The van der Waals surface area contributed by atoms with Gasteiger partial charge >= 0.3 is 0 Å². The maximum atomic E-state index is 14.1. The quantitative estimate of drug-likeness (QED) is 0.194. The Labute approximate surface area is 264 Å². The predicted octanol–water partition coefficient (Wildman–Crippen LogP) is 0.693. The molecule has 3 aliphatic rings. The van der Waals surface area contributed by atoms with E-state index in [1.54, 1.807) is 0 Å². The molecule has 0 aliphatic carbocycles. The largest absolute Gasteiger partial charge is 0.508 e. The number of rotatable bonds is 7. The fourth-order valence-corrected chi connectivity index (χ4v) is 5.78. The number of phenols is 3. The van der Waals surface area contributed by atoms with E-state index in [1.807, 2.05) is 19.9 Å². The monoisotopic (exact) mass is 648 g/mol.